The van der Waals surface area contributed by atoms with E-state index < -0.39 is 47.9 Å². The molecule has 5 unspecified atom stereocenters. The second kappa shape index (κ2) is 16.2. The number of rotatable bonds is 16. The Morgan fingerprint density at radius 2 is 1.34 bits per heavy atom. The molecule has 0 spiro atoms. The summed E-state index contributed by atoms with van der Waals surface area (Å²) in [7, 11) is 0. The second-order valence-electron chi connectivity index (χ2n) is 8.17. The molecule has 0 aliphatic rings. The normalized spacial score (nSPS) is 15.9. The molecular formula is C21H40N4O5S2. The summed E-state index contributed by atoms with van der Waals surface area (Å²) in [6, 6.07) is -3.54. The average molecular weight is 493 g/mol. The molecule has 9 nitrogen and oxygen atoms in total. The molecule has 0 aliphatic carbocycles. The zero-order valence-electron chi connectivity index (χ0n) is 20.0. The Morgan fingerprint density at radius 3 is 1.78 bits per heavy atom. The van der Waals surface area contributed by atoms with Crippen LogP contribution in [0.15, 0.2) is 0 Å². The van der Waals surface area contributed by atoms with E-state index in [1.54, 1.807) is 0 Å². The Kier molecular flexibility index (Phi) is 15.5. The molecule has 186 valence electrons. The molecule has 11 heteroatoms. The minimum atomic E-state index is -1.12. The SMILES string of the molecule is CCC(C)C(NC(=O)C(N)C(C)C)C(=O)NC(CCSC)C(=O)NC(CCSC)C(=O)O. The number of carboxylic acid groups (broad SMARTS) is 1. The quantitative estimate of drug-likeness (QED) is 0.215. The molecule has 0 heterocycles. The number of carbonyl (C=O) groups is 4. The van der Waals surface area contributed by atoms with Crippen LogP contribution < -0.4 is 21.7 Å². The Morgan fingerprint density at radius 1 is 0.844 bits per heavy atom. The number of carbonyl (C=O) groups excluding carboxylic acids is 3. The van der Waals surface area contributed by atoms with Gasteiger partial charge in [-0.1, -0.05) is 34.1 Å². The fourth-order valence-electron chi connectivity index (χ4n) is 2.79. The van der Waals surface area contributed by atoms with E-state index in [4.69, 9.17) is 5.73 Å². The first-order chi connectivity index (χ1) is 15.0. The molecule has 0 saturated heterocycles. The number of thioether (sulfide) groups is 2. The molecule has 3 amide bonds. The van der Waals surface area contributed by atoms with Gasteiger partial charge >= 0.3 is 5.97 Å². The highest BCUT2D eigenvalue weighted by molar-refractivity contribution is 7.98. The number of amides is 3. The van der Waals surface area contributed by atoms with Crippen LogP contribution in [0.2, 0.25) is 0 Å². The van der Waals surface area contributed by atoms with Gasteiger partial charge in [0.25, 0.3) is 0 Å². The molecule has 32 heavy (non-hydrogen) atoms. The monoisotopic (exact) mass is 492 g/mol. The number of carboxylic acids is 1. The minimum Gasteiger partial charge on any atom is -0.480 e. The Balaban J connectivity index is 5.47. The lowest BCUT2D eigenvalue weighted by molar-refractivity contribution is -0.142. The maximum Gasteiger partial charge on any atom is 0.326 e. The van der Waals surface area contributed by atoms with E-state index in [0.717, 1.165) is 0 Å². The van der Waals surface area contributed by atoms with Crippen molar-refractivity contribution < 1.29 is 24.3 Å². The molecule has 0 bridgehead atoms. The van der Waals surface area contributed by atoms with Gasteiger partial charge in [-0.05, 0) is 48.7 Å². The Bertz CT molecular complexity index is 621. The van der Waals surface area contributed by atoms with Crippen LogP contribution in [0, 0.1) is 11.8 Å². The molecule has 6 N–H and O–H groups in total. The predicted octanol–water partition coefficient (Wildman–Crippen LogP) is 1.06. The fraction of sp³-hybridized carbons (Fsp3) is 0.810. The van der Waals surface area contributed by atoms with Gasteiger partial charge in [-0.2, -0.15) is 23.5 Å². The summed E-state index contributed by atoms with van der Waals surface area (Å²) in [5, 5.41) is 17.4. The van der Waals surface area contributed by atoms with Gasteiger partial charge in [0.05, 0.1) is 6.04 Å². The maximum atomic E-state index is 13.1. The van der Waals surface area contributed by atoms with Crippen molar-refractivity contribution in [1.29, 1.82) is 0 Å². The summed E-state index contributed by atoms with van der Waals surface area (Å²) in [5.74, 6) is -1.67. The van der Waals surface area contributed by atoms with Gasteiger partial charge in [0.2, 0.25) is 17.7 Å². The zero-order valence-corrected chi connectivity index (χ0v) is 21.6. The van der Waals surface area contributed by atoms with Gasteiger partial charge in [-0.25, -0.2) is 4.79 Å². The number of nitrogens with two attached hydrogens (primary N) is 1. The lowest BCUT2D eigenvalue weighted by Crippen LogP contribution is -2.59. The third kappa shape index (κ3) is 10.9. The van der Waals surface area contributed by atoms with E-state index >= 15 is 0 Å². The average Bonchev–Trinajstić information content (AvgIpc) is 2.75. The summed E-state index contributed by atoms with van der Waals surface area (Å²) in [4.78, 5) is 49.9. The van der Waals surface area contributed by atoms with Crippen LogP contribution in [0.4, 0.5) is 0 Å². The third-order valence-corrected chi connectivity index (χ3v) is 6.57. The van der Waals surface area contributed by atoms with Gasteiger partial charge in [0.1, 0.15) is 18.1 Å². The molecule has 0 aromatic heterocycles. The number of nitrogens with one attached hydrogen (secondary N) is 3. The predicted molar refractivity (Wildman–Crippen MR) is 132 cm³/mol. The molecule has 0 rings (SSSR count). The zero-order chi connectivity index (χ0) is 24.8. The first-order valence-electron chi connectivity index (χ1n) is 10.9. The molecule has 0 fully saturated rings. The van der Waals surface area contributed by atoms with Gasteiger partial charge in [0, 0.05) is 0 Å². The molecule has 5 atom stereocenters. The highest BCUT2D eigenvalue weighted by Gasteiger charge is 2.32. The first kappa shape index (κ1) is 30.5. The highest BCUT2D eigenvalue weighted by Crippen LogP contribution is 2.11. The molecule has 0 aromatic rings. The van der Waals surface area contributed by atoms with Crippen LogP contribution in [0.1, 0.15) is 47.0 Å². The molecule has 0 aromatic carbocycles. The van der Waals surface area contributed by atoms with Crippen LogP contribution in [-0.4, -0.2) is 77.0 Å². The van der Waals surface area contributed by atoms with Gasteiger partial charge in [-0.3, -0.25) is 14.4 Å². The molecule has 0 radical (unpaired) electrons. The van der Waals surface area contributed by atoms with Crippen molar-refractivity contribution >= 4 is 47.2 Å². The van der Waals surface area contributed by atoms with Crippen LogP contribution in [0.5, 0.6) is 0 Å². The van der Waals surface area contributed by atoms with E-state index in [1.807, 2.05) is 40.2 Å². The summed E-state index contributed by atoms with van der Waals surface area (Å²) in [6.07, 6.45) is 4.98. The highest BCUT2D eigenvalue weighted by atomic mass is 32.2. The van der Waals surface area contributed by atoms with Crippen LogP contribution >= 0.6 is 23.5 Å². The van der Waals surface area contributed by atoms with Crippen molar-refractivity contribution in [2.75, 3.05) is 24.0 Å². The van der Waals surface area contributed by atoms with Gasteiger partial charge < -0.3 is 26.8 Å². The largest absolute Gasteiger partial charge is 0.480 e. The van der Waals surface area contributed by atoms with E-state index in [2.05, 4.69) is 16.0 Å². The van der Waals surface area contributed by atoms with Crippen LogP contribution in [-0.2, 0) is 19.2 Å². The van der Waals surface area contributed by atoms with Crippen LogP contribution in [0.25, 0.3) is 0 Å². The smallest absolute Gasteiger partial charge is 0.326 e. The minimum absolute atomic E-state index is 0.0926. The molecule has 0 saturated carbocycles. The van der Waals surface area contributed by atoms with Crippen molar-refractivity contribution in [1.82, 2.24) is 16.0 Å². The lowest BCUT2D eigenvalue weighted by atomic mass is 9.96. The van der Waals surface area contributed by atoms with Crippen molar-refractivity contribution in [3.8, 4) is 0 Å². The third-order valence-electron chi connectivity index (χ3n) is 5.28. The first-order valence-corrected chi connectivity index (χ1v) is 13.7. The van der Waals surface area contributed by atoms with Gasteiger partial charge in [0.15, 0.2) is 0 Å². The summed E-state index contributed by atoms with van der Waals surface area (Å²) < 4.78 is 0. The lowest BCUT2D eigenvalue weighted by Gasteiger charge is -2.28. The fourth-order valence-corrected chi connectivity index (χ4v) is 3.73. The van der Waals surface area contributed by atoms with E-state index in [-0.39, 0.29) is 18.3 Å². The number of aliphatic carboxylic acids is 1. The Labute approximate surface area is 200 Å². The summed E-state index contributed by atoms with van der Waals surface area (Å²) in [6.45, 7) is 7.38. The maximum absolute atomic E-state index is 13.1. The van der Waals surface area contributed by atoms with Crippen molar-refractivity contribution in [3.05, 3.63) is 0 Å². The van der Waals surface area contributed by atoms with E-state index in [1.165, 1.54) is 23.5 Å². The number of hydrogen-bond donors (Lipinski definition) is 5. The topological polar surface area (TPSA) is 151 Å². The number of hydrogen-bond acceptors (Lipinski definition) is 7. The van der Waals surface area contributed by atoms with Crippen molar-refractivity contribution in [2.45, 2.75) is 71.1 Å². The summed E-state index contributed by atoms with van der Waals surface area (Å²) >= 11 is 3.00. The van der Waals surface area contributed by atoms with Crippen molar-refractivity contribution in [2.24, 2.45) is 17.6 Å². The van der Waals surface area contributed by atoms with Crippen molar-refractivity contribution in [3.63, 3.8) is 0 Å². The summed E-state index contributed by atoms with van der Waals surface area (Å²) in [5.41, 5.74) is 5.92. The van der Waals surface area contributed by atoms with Crippen LogP contribution in [0.3, 0.4) is 0 Å². The van der Waals surface area contributed by atoms with Gasteiger partial charge in [-0.15, -0.1) is 0 Å². The second-order valence-corrected chi connectivity index (χ2v) is 10.1. The van der Waals surface area contributed by atoms with E-state index in [0.29, 0.717) is 24.3 Å². The Hall–Kier alpha value is -1.46. The van der Waals surface area contributed by atoms with E-state index in [9.17, 15) is 24.3 Å². The standard InChI is InChI=1S/C21H40N4O5S2/c1-7-13(4)17(25-19(27)16(22)12(2)3)20(28)23-14(8-10-31-5)18(26)24-15(21(29)30)9-11-32-6/h12-17H,7-11,22H2,1-6H3,(H,23,28)(H,24,26)(H,25,27)(H,29,30). The molecular weight excluding hydrogens is 452 g/mol. The molecule has 0 aliphatic heterocycles.